The minimum Gasteiger partial charge on any atom is -0.445 e. The van der Waals surface area contributed by atoms with Crippen LogP contribution in [0.2, 0.25) is 0 Å². The molecule has 0 bridgehead atoms. The van der Waals surface area contributed by atoms with E-state index < -0.39 is 24.4 Å². The van der Waals surface area contributed by atoms with Gasteiger partial charge >= 0.3 is 6.09 Å². The average molecular weight is 642 g/mol. The van der Waals surface area contributed by atoms with E-state index in [0.717, 1.165) is 38.5 Å². The third-order valence-electron chi connectivity index (χ3n) is 9.70. The molecule has 1 aliphatic heterocycles. The fourth-order valence-electron chi connectivity index (χ4n) is 6.71. The van der Waals surface area contributed by atoms with Gasteiger partial charge in [-0.2, -0.15) is 0 Å². The minimum atomic E-state index is -0.805. The van der Waals surface area contributed by atoms with Gasteiger partial charge in [-0.25, -0.2) is 4.79 Å². The molecule has 9 nitrogen and oxygen atoms in total. The highest BCUT2D eigenvalue weighted by Gasteiger charge is 2.42. The first-order valence-electron chi connectivity index (χ1n) is 17.2. The molecule has 0 aromatic rings. The van der Waals surface area contributed by atoms with E-state index in [1.807, 2.05) is 32.9 Å². The van der Waals surface area contributed by atoms with E-state index in [1.165, 1.54) is 0 Å². The summed E-state index contributed by atoms with van der Waals surface area (Å²) in [5, 5.41) is 21.9. The Morgan fingerprint density at radius 3 is 2.18 bits per heavy atom. The number of hydrogen-bond acceptors (Lipinski definition) is 8. The van der Waals surface area contributed by atoms with Crippen LogP contribution in [0, 0.1) is 35.0 Å². The topological polar surface area (TPSA) is 130 Å². The Kier molecular flexibility index (Phi) is 19.7. The molecule has 9 heteroatoms. The van der Waals surface area contributed by atoms with Crippen LogP contribution in [-0.4, -0.2) is 74.1 Å². The quantitative estimate of drug-likeness (QED) is 0.0655. The molecular formula is C36H67NO8. The maximum atomic E-state index is 11.7. The maximum absolute atomic E-state index is 11.7. The molecule has 0 aliphatic carbocycles. The van der Waals surface area contributed by atoms with E-state index in [1.54, 1.807) is 14.2 Å². The van der Waals surface area contributed by atoms with Gasteiger partial charge in [0.05, 0.1) is 24.4 Å². The van der Waals surface area contributed by atoms with Crippen LogP contribution in [0.5, 0.6) is 0 Å². The molecule has 264 valence electrons. The van der Waals surface area contributed by atoms with Crippen LogP contribution in [0.3, 0.4) is 0 Å². The van der Waals surface area contributed by atoms with Crippen molar-refractivity contribution >= 4 is 6.09 Å². The van der Waals surface area contributed by atoms with Gasteiger partial charge in [-0.15, -0.1) is 0 Å². The fraction of sp³-hybridized carbons (Fsp3) is 0.861. The van der Waals surface area contributed by atoms with Crippen molar-refractivity contribution in [1.29, 1.82) is 0 Å². The second-order valence-electron chi connectivity index (χ2n) is 14.0. The van der Waals surface area contributed by atoms with Gasteiger partial charge in [0.2, 0.25) is 0 Å². The third kappa shape index (κ3) is 14.0. The Bertz CT molecular complexity index is 864. The predicted octanol–water partition coefficient (Wildman–Crippen LogP) is 6.99. The van der Waals surface area contributed by atoms with Crippen LogP contribution in [0.15, 0.2) is 24.3 Å². The van der Waals surface area contributed by atoms with Gasteiger partial charge in [0, 0.05) is 49.2 Å². The summed E-state index contributed by atoms with van der Waals surface area (Å²) in [6.07, 6.45) is 12.4. The molecule has 1 unspecified atom stereocenters. The zero-order chi connectivity index (χ0) is 34.2. The van der Waals surface area contributed by atoms with E-state index in [-0.39, 0.29) is 60.3 Å². The Morgan fingerprint density at radius 1 is 1.00 bits per heavy atom. The summed E-state index contributed by atoms with van der Waals surface area (Å²) < 4.78 is 28.5. The molecular weight excluding hydrogens is 574 g/mol. The molecule has 1 fully saturated rings. The zero-order valence-corrected chi connectivity index (χ0v) is 29.9. The lowest BCUT2D eigenvalue weighted by Crippen LogP contribution is -2.50. The smallest absolute Gasteiger partial charge is 0.404 e. The number of nitrogens with two attached hydrogens (primary N) is 1. The molecule has 45 heavy (non-hydrogen) atoms. The number of carbonyl (C=O) groups is 1. The van der Waals surface area contributed by atoms with Crippen molar-refractivity contribution in [3.05, 3.63) is 24.3 Å². The molecule has 1 saturated heterocycles. The number of ether oxygens (including phenoxy) is 5. The van der Waals surface area contributed by atoms with Gasteiger partial charge in [0.15, 0.2) is 6.29 Å². The van der Waals surface area contributed by atoms with Crippen LogP contribution in [0.25, 0.3) is 0 Å². The van der Waals surface area contributed by atoms with Gasteiger partial charge in [0.1, 0.15) is 12.9 Å². The van der Waals surface area contributed by atoms with E-state index >= 15 is 0 Å². The number of rotatable bonds is 22. The van der Waals surface area contributed by atoms with Crippen molar-refractivity contribution in [3.63, 3.8) is 0 Å². The Balaban J connectivity index is 2.60. The summed E-state index contributed by atoms with van der Waals surface area (Å²) in [5.74, 6) is -0.0320. The third-order valence-corrected chi connectivity index (χ3v) is 9.70. The summed E-state index contributed by atoms with van der Waals surface area (Å²) in [7, 11) is 3.29. The molecule has 0 saturated carbocycles. The lowest BCUT2D eigenvalue weighted by molar-refractivity contribution is -0.271. The summed E-state index contributed by atoms with van der Waals surface area (Å²) in [5.41, 5.74) is 5.11. The monoisotopic (exact) mass is 641 g/mol. The maximum Gasteiger partial charge on any atom is 0.404 e. The van der Waals surface area contributed by atoms with Crippen LogP contribution < -0.4 is 5.73 Å². The predicted molar refractivity (Wildman–Crippen MR) is 179 cm³/mol. The highest BCUT2D eigenvalue weighted by molar-refractivity contribution is 5.64. The largest absolute Gasteiger partial charge is 0.445 e. The fourth-order valence-corrected chi connectivity index (χ4v) is 6.71. The Morgan fingerprint density at radius 2 is 1.62 bits per heavy atom. The Labute approximate surface area is 274 Å². The van der Waals surface area contributed by atoms with Crippen LogP contribution in [0.4, 0.5) is 4.79 Å². The number of amides is 1. The van der Waals surface area contributed by atoms with E-state index in [0.29, 0.717) is 12.8 Å². The Hall–Kier alpha value is -1.49. The van der Waals surface area contributed by atoms with Crippen molar-refractivity contribution < 1.29 is 38.7 Å². The molecule has 0 aromatic heterocycles. The van der Waals surface area contributed by atoms with E-state index in [4.69, 9.17) is 29.4 Å². The van der Waals surface area contributed by atoms with Gasteiger partial charge in [-0.1, -0.05) is 99.0 Å². The SMILES string of the molecule is CCCCCC(C)(C)[C@H](OC(N)=O)[C@@H](C)[C@H](O)CC/C=C\C(C)[C@@H](O)[C@@H](C)/C=C\CC[C@@H]1O[C@@H](OC)[C@H](C)[C@@H](OCOC)[C@@H]1C. The van der Waals surface area contributed by atoms with Crippen molar-refractivity contribution in [3.8, 4) is 0 Å². The van der Waals surface area contributed by atoms with Gasteiger partial charge < -0.3 is 39.6 Å². The molecule has 0 radical (unpaired) electrons. The average Bonchev–Trinajstić information content (AvgIpc) is 2.99. The van der Waals surface area contributed by atoms with Crippen LogP contribution in [0.1, 0.15) is 107 Å². The molecule has 11 atom stereocenters. The summed E-state index contributed by atoms with van der Waals surface area (Å²) >= 11 is 0. The molecule has 1 amide bonds. The molecule has 1 aliphatic rings. The number of aliphatic hydroxyl groups is 2. The van der Waals surface area contributed by atoms with Crippen molar-refractivity contribution in [1.82, 2.24) is 0 Å². The lowest BCUT2D eigenvalue weighted by atomic mass is 9.74. The molecule has 1 rings (SSSR count). The van der Waals surface area contributed by atoms with Gasteiger partial charge in [-0.3, -0.25) is 0 Å². The highest BCUT2D eigenvalue weighted by atomic mass is 16.7. The summed E-state index contributed by atoms with van der Waals surface area (Å²) in [6, 6.07) is 0. The number of carbonyl (C=O) groups excluding carboxylic acids is 1. The second kappa shape index (κ2) is 21.4. The van der Waals surface area contributed by atoms with Crippen molar-refractivity contribution in [2.24, 2.45) is 40.7 Å². The number of aliphatic hydroxyl groups excluding tert-OH is 2. The first-order chi connectivity index (χ1) is 21.2. The van der Waals surface area contributed by atoms with E-state index in [2.05, 4.69) is 46.8 Å². The summed E-state index contributed by atoms with van der Waals surface area (Å²) in [6.45, 7) is 16.7. The first kappa shape index (κ1) is 41.5. The first-order valence-corrected chi connectivity index (χ1v) is 17.2. The van der Waals surface area contributed by atoms with Gasteiger partial charge in [0.25, 0.3) is 0 Å². The number of allylic oxidation sites excluding steroid dienone is 2. The van der Waals surface area contributed by atoms with Crippen molar-refractivity contribution in [2.75, 3.05) is 21.0 Å². The summed E-state index contributed by atoms with van der Waals surface area (Å²) in [4.78, 5) is 11.7. The molecule has 4 N–H and O–H groups in total. The van der Waals surface area contributed by atoms with E-state index in [9.17, 15) is 15.0 Å². The number of hydrogen-bond donors (Lipinski definition) is 3. The minimum absolute atomic E-state index is 0.00239. The van der Waals surface area contributed by atoms with Crippen LogP contribution in [-0.2, 0) is 23.7 Å². The molecule has 0 spiro atoms. The second-order valence-corrected chi connectivity index (χ2v) is 14.0. The van der Waals surface area contributed by atoms with Crippen LogP contribution >= 0.6 is 0 Å². The standard InChI is InChI=1S/C36H67NO8/c1-11-12-17-22-36(7,8)33(45-35(37)40)26(4)29(38)20-15-13-18-24(2)31(39)25(3)19-14-16-21-30-27(5)32(43-23-41-9)28(6)34(42-10)44-30/h13-14,18-19,24-34,38-39H,11-12,15-17,20-23H2,1-10H3,(H2,37,40)/b18-13-,19-14-/t24?,25-,26-,27+,28+,29+,30-,31+,32-,33+,34+/m0/s1. The molecule has 1 heterocycles. The van der Waals surface area contributed by atoms with Crippen molar-refractivity contribution in [2.45, 2.75) is 144 Å². The van der Waals surface area contributed by atoms with Gasteiger partial charge in [-0.05, 0) is 32.1 Å². The number of methoxy groups -OCH3 is 2. The lowest BCUT2D eigenvalue weighted by Gasteiger charge is -2.43. The highest BCUT2D eigenvalue weighted by Crippen LogP contribution is 2.37. The number of primary amides is 1. The normalized spacial score (nSPS) is 26.9. The molecule has 0 aromatic carbocycles. The zero-order valence-electron chi connectivity index (χ0n) is 29.9. The number of unbranched alkanes of at least 4 members (excludes halogenated alkanes) is 2.